The first-order valence-corrected chi connectivity index (χ1v) is 9.26. The van der Waals surface area contributed by atoms with Gasteiger partial charge in [-0.2, -0.15) is 79.0 Å². The van der Waals surface area contributed by atoms with Crippen LogP contribution in [0.15, 0.2) is 0 Å². The minimum Gasteiger partial charge on any atom is -0.381 e. The van der Waals surface area contributed by atoms with Crippen molar-refractivity contribution in [3.8, 4) is 0 Å². The van der Waals surface area contributed by atoms with Gasteiger partial charge in [0.25, 0.3) is 0 Å². The Morgan fingerprint density at radius 1 is 0.333 bits per heavy atom. The van der Waals surface area contributed by atoms with E-state index < -0.39 is 87.2 Å². The van der Waals surface area contributed by atoms with Gasteiger partial charge in [0.15, 0.2) is 0 Å². The van der Waals surface area contributed by atoms with Gasteiger partial charge in [0, 0.05) is 26.1 Å². The van der Waals surface area contributed by atoms with Crippen molar-refractivity contribution in [1.82, 2.24) is 0 Å². The quantitative estimate of drug-likeness (QED) is 0.147. The number of unbranched alkanes of at least 4 members (excludes halogenated alkanes) is 1. The molecule has 0 aliphatic carbocycles. The second-order valence-electron chi connectivity index (χ2n) is 7.13. The van der Waals surface area contributed by atoms with Crippen molar-refractivity contribution < 1.29 is 88.5 Å². The van der Waals surface area contributed by atoms with Crippen molar-refractivity contribution in [3.63, 3.8) is 0 Å². The smallest absolute Gasteiger partial charge is 0.381 e. The largest absolute Gasteiger partial charge is 0.460 e. The molecule has 0 aromatic carbocycles. The average molecular weight is 582 g/mol. The molecule has 0 heterocycles. The fourth-order valence-electron chi connectivity index (χ4n) is 2.14. The molecule has 218 valence electrons. The van der Waals surface area contributed by atoms with Crippen molar-refractivity contribution in [2.75, 3.05) is 26.4 Å². The van der Waals surface area contributed by atoms with E-state index in [1.807, 2.05) is 0 Å². The van der Waals surface area contributed by atoms with Crippen molar-refractivity contribution in [2.45, 2.75) is 73.6 Å². The summed E-state index contributed by atoms with van der Waals surface area (Å²) < 4.78 is 236. The summed E-state index contributed by atoms with van der Waals surface area (Å²) >= 11 is 0. The topological polar surface area (TPSA) is 18.5 Å². The third kappa shape index (κ3) is 7.15. The van der Waals surface area contributed by atoms with Crippen LogP contribution in [0.5, 0.6) is 0 Å². The first-order valence-electron chi connectivity index (χ1n) is 9.26. The first kappa shape index (κ1) is 34.7. The van der Waals surface area contributed by atoms with Crippen molar-refractivity contribution in [3.05, 3.63) is 0 Å². The summed E-state index contributed by atoms with van der Waals surface area (Å²) in [5.74, 6) is -39.5. The average Bonchev–Trinajstić information content (AvgIpc) is 2.66. The molecule has 0 aliphatic heterocycles. The predicted molar refractivity (Wildman–Crippen MR) is 81.9 cm³/mol. The van der Waals surface area contributed by atoms with Gasteiger partial charge in [-0.25, -0.2) is 0 Å². The second-order valence-corrected chi connectivity index (χ2v) is 7.13. The molecule has 0 rings (SSSR count). The monoisotopic (exact) mass is 582 g/mol. The van der Waals surface area contributed by atoms with Crippen LogP contribution in [0.4, 0.5) is 79.0 Å². The van der Waals surface area contributed by atoms with E-state index in [0.29, 0.717) is 0 Å². The Morgan fingerprint density at radius 3 is 0.806 bits per heavy atom. The van der Waals surface area contributed by atoms with Crippen molar-refractivity contribution in [2.24, 2.45) is 0 Å². The van der Waals surface area contributed by atoms with E-state index in [1.54, 1.807) is 0 Å². The van der Waals surface area contributed by atoms with Crippen LogP contribution in [0.25, 0.3) is 0 Å². The maximum atomic E-state index is 13.2. The Balaban J connectivity index is 4.41. The van der Waals surface area contributed by atoms with E-state index >= 15 is 0 Å². The fraction of sp³-hybridized carbons (Fsp3) is 1.00. The van der Waals surface area contributed by atoms with Gasteiger partial charge in [-0.1, -0.05) is 0 Å². The van der Waals surface area contributed by atoms with Gasteiger partial charge in [0.2, 0.25) is 0 Å². The van der Waals surface area contributed by atoms with Gasteiger partial charge in [-0.15, -0.1) is 0 Å². The minimum absolute atomic E-state index is 0.292. The number of halogens is 18. The second kappa shape index (κ2) is 11.2. The first-order chi connectivity index (χ1) is 15.7. The van der Waals surface area contributed by atoms with Gasteiger partial charge in [-0.3, -0.25) is 0 Å². The third-order valence-corrected chi connectivity index (χ3v) is 4.37. The minimum atomic E-state index is -7.07. The molecule has 0 N–H and O–H groups in total. The molecule has 0 saturated heterocycles. The van der Waals surface area contributed by atoms with Crippen LogP contribution in [-0.4, -0.2) is 74.3 Å². The molecule has 20 heteroatoms. The molecule has 0 aromatic heterocycles. The molecular weight excluding hydrogens is 566 g/mol. The molecule has 0 radical (unpaired) electrons. The molecule has 0 saturated carbocycles. The molecule has 0 aliphatic rings. The lowest BCUT2D eigenvalue weighted by Gasteiger charge is -2.33. The standard InChI is InChI=1S/C16H16F18O2/c17-9(18,11(21,22)13(25,26)15(29,30)31)3-7-35-5-1-2-6-36-8-4-10(19,20)12(23,24)14(27,28)16(32,33)34/h1-8H2. The van der Waals surface area contributed by atoms with E-state index in [0.717, 1.165) is 0 Å². The zero-order valence-corrected chi connectivity index (χ0v) is 17.3. The molecular formula is C16H16F18O2. The molecule has 0 atom stereocenters. The zero-order chi connectivity index (χ0) is 29.1. The summed E-state index contributed by atoms with van der Waals surface area (Å²) in [6.45, 7) is -4.17. The van der Waals surface area contributed by atoms with Crippen LogP contribution in [0.1, 0.15) is 25.7 Å². The van der Waals surface area contributed by atoms with E-state index in [9.17, 15) is 79.0 Å². The summed E-state index contributed by atoms with van der Waals surface area (Å²) in [7, 11) is 0. The lowest BCUT2D eigenvalue weighted by molar-refractivity contribution is -0.397. The van der Waals surface area contributed by atoms with Gasteiger partial charge in [0.05, 0.1) is 13.2 Å². The van der Waals surface area contributed by atoms with E-state index in [1.165, 1.54) is 0 Å². The third-order valence-electron chi connectivity index (χ3n) is 4.37. The van der Waals surface area contributed by atoms with Crippen LogP contribution in [0, 0.1) is 0 Å². The summed E-state index contributed by atoms with van der Waals surface area (Å²) in [5, 5.41) is 0. The number of hydrogen-bond acceptors (Lipinski definition) is 2. The molecule has 2 nitrogen and oxygen atoms in total. The summed E-state index contributed by atoms with van der Waals surface area (Å²) in [5.41, 5.74) is 0. The number of ether oxygens (including phenoxy) is 2. The van der Waals surface area contributed by atoms with Crippen LogP contribution in [-0.2, 0) is 9.47 Å². The van der Waals surface area contributed by atoms with Gasteiger partial charge < -0.3 is 9.47 Å². The molecule has 0 spiro atoms. The van der Waals surface area contributed by atoms with Crippen LogP contribution in [0.2, 0.25) is 0 Å². The Hall–Kier alpha value is -1.34. The fourth-order valence-corrected chi connectivity index (χ4v) is 2.14. The maximum Gasteiger partial charge on any atom is 0.460 e. The highest BCUT2D eigenvalue weighted by molar-refractivity contribution is 5.01. The van der Waals surface area contributed by atoms with Gasteiger partial charge in [-0.05, 0) is 12.8 Å². The van der Waals surface area contributed by atoms with E-state index in [4.69, 9.17) is 0 Å². The van der Waals surface area contributed by atoms with Crippen molar-refractivity contribution >= 4 is 0 Å². The van der Waals surface area contributed by atoms with Gasteiger partial charge in [0.1, 0.15) is 0 Å². The highest BCUT2D eigenvalue weighted by Gasteiger charge is 2.82. The SMILES string of the molecule is FC(F)(F)C(F)(F)C(F)(F)C(F)(F)CCOCCCCOCCC(F)(F)C(F)(F)C(F)(F)C(F)(F)F. The van der Waals surface area contributed by atoms with Crippen LogP contribution in [0.3, 0.4) is 0 Å². The Morgan fingerprint density at radius 2 is 0.583 bits per heavy atom. The number of alkyl halides is 18. The summed E-state index contributed by atoms with van der Waals surface area (Å²) in [6.07, 6.45) is -19.1. The summed E-state index contributed by atoms with van der Waals surface area (Å²) in [6, 6.07) is 0. The van der Waals surface area contributed by atoms with Crippen LogP contribution < -0.4 is 0 Å². The summed E-state index contributed by atoms with van der Waals surface area (Å²) in [4.78, 5) is 0. The molecule has 0 bridgehead atoms. The molecule has 0 fully saturated rings. The molecule has 36 heavy (non-hydrogen) atoms. The zero-order valence-electron chi connectivity index (χ0n) is 17.3. The van der Waals surface area contributed by atoms with Crippen molar-refractivity contribution in [1.29, 1.82) is 0 Å². The van der Waals surface area contributed by atoms with E-state index in [-0.39, 0.29) is 12.8 Å². The van der Waals surface area contributed by atoms with Gasteiger partial charge >= 0.3 is 47.9 Å². The highest BCUT2D eigenvalue weighted by atomic mass is 19.4. The number of hydrogen-bond donors (Lipinski definition) is 0. The predicted octanol–water partition coefficient (Wildman–Crippen LogP) is 7.52. The Bertz CT molecular complexity index is 624. The lowest BCUT2D eigenvalue weighted by atomic mass is 10.0. The Kier molecular flexibility index (Phi) is 10.8. The van der Waals surface area contributed by atoms with Crippen LogP contribution >= 0.6 is 0 Å². The Labute approximate surface area is 189 Å². The molecule has 0 unspecified atom stereocenters. The normalized spacial score (nSPS) is 15.5. The van der Waals surface area contributed by atoms with E-state index in [2.05, 4.69) is 9.47 Å². The molecule has 0 aromatic rings. The number of rotatable bonds is 15. The maximum absolute atomic E-state index is 13.2. The molecule has 0 amide bonds. The lowest BCUT2D eigenvalue weighted by Crippen LogP contribution is -2.61. The highest BCUT2D eigenvalue weighted by Crippen LogP contribution is 2.55.